The Morgan fingerprint density at radius 3 is 2.73 bits per heavy atom. The van der Waals surface area contributed by atoms with Gasteiger partial charge in [0.05, 0.1) is 0 Å². The number of nitrogens with zero attached hydrogens (tertiary/aromatic N) is 1. The van der Waals surface area contributed by atoms with E-state index in [1.54, 1.807) is 31.3 Å². The van der Waals surface area contributed by atoms with Gasteiger partial charge in [-0.25, -0.2) is 4.79 Å². The van der Waals surface area contributed by atoms with E-state index in [9.17, 15) is 9.59 Å². The minimum Gasteiger partial charge on any atom is -0.366 e. The quantitative estimate of drug-likeness (QED) is 0.785. The van der Waals surface area contributed by atoms with E-state index in [0.717, 1.165) is 11.3 Å². The average molecular weight is 298 g/mol. The lowest BCUT2D eigenvalue weighted by molar-refractivity contribution is 0.0999. The van der Waals surface area contributed by atoms with E-state index in [4.69, 9.17) is 5.73 Å². The Balaban J connectivity index is 1.87. The molecule has 3 amide bonds. The number of aryl methyl sites for hydroxylation is 1. The number of rotatable bonds is 5. The van der Waals surface area contributed by atoms with Crippen LogP contribution in [0.25, 0.3) is 0 Å². The molecule has 0 bridgehead atoms. The average Bonchev–Trinajstić information content (AvgIpc) is 2.50. The number of amides is 3. The molecule has 0 atom stereocenters. The summed E-state index contributed by atoms with van der Waals surface area (Å²) in [6.07, 6.45) is 2.36. The molecular weight excluding hydrogens is 280 g/mol. The van der Waals surface area contributed by atoms with E-state index in [2.05, 4.69) is 15.6 Å². The molecule has 1 heterocycles. The number of primary amides is 1. The molecule has 2 aromatic rings. The number of urea groups is 1. The SMILES string of the molecule is Cc1ccc(NC(=O)NCCc2ccccn2)cc1C(N)=O. The van der Waals surface area contributed by atoms with Crippen LogP contribution < -0.4 is 16.4 Å². The molecule has 0 saturated carbocycles. The predicted molar refractivity (Wildman–Crippen MR) is 84.7 cm³/mol. The van der Waals surface area contributed by atoms with E-state index in [1.165, 1.54) is 0 Å². The monoisotopic (exact) mass is 298 g/mol. The summed E-state index contributed by atoms with van der Waals surface area (Å²) < 4.78 is 0. The van der Waals surface area contributed by atoms with Crippen molar-refractivity contribution in [1.82, 2.24) is 10.3 Å². The number of pyridine rings is 1. The molecule has 0 radical (unpaired) electrons. The van der Waals surface area contributed by atoms with Crippen LogP contribution >= 0.6 is 0 Å². The van der Waals surface area contributed by atoms with E-state index in [1.807, 2.05) is 18.2 Å². The van der Waals surface area contributed by atoms with Crippen molar-refractivity contribution in [2.24, 2.45) is 5.73 Å². The van der Waals surface area contributed by atoms with Crippen molar-refractivity contribution in [3.63, 3.8) is 0 Å². The van der Waals surface area contributed by atoms with E-state index < -0.39 is 5.91 Å². The number of hydrogen-bond donors (Lipinski definition) is 3. The number of aromatic nitrogens is 1. The lowest BCUT2D eigenvalue weighted by atomic mass is 10.1. The minimum absolute atomic E-state index is 0.338. The van der Waals surface area contributed by atoms with Crippen LogP contribution in [0.5, 0.6) is 0 Å². The smallest absolute Gasteiger partial charge is 0.319 e. The lowest BCUT2D eigenvalue weighted by Crippen LogP contribution is -2.30. The molecule has 0 aliphatic rings. The largest absolute Gasteiger partial charge is 0.366 e. The van der Waals surface area contributed by atoms with Gasteiger partial charge < -0.3 is 16.4 Å². The third-order valence-electron chi connectivity index (χ3n) is 3.15. The maximum atomic E-state index is 11.8. The van der Waals surface area contributed by atoms with Gasteiger partial charge in [-0.15, -0.1) is 0 Å². The Morgan fingerprint density at radius 1 is 1.23 bits per heavy atom. The lowest BCUT2D eigenvalue weighted by Gasteiger charge is -2.09. The highest BCUT2D eigenvalue weighted by atomic mass is 16.2. The van der Waals surface area contributed by atoms with Gasteiger partial charge in [0.2, 0.25) is 5.91 Å². The fourth-order valence-corrected chi connectivity index (χ4v) is 1.99. The van der Waals surface area contributed by atoms with E-state index >= 15 is 0 Å². The second-order valence-electron chi connectivity index (χ2n) is 4.85. The van der Waals surface area contributed by atoms with Gasteiger partial charge in [-0.1, -0.05) is 12.1 Å². The third kappa shape index (κ3) is 4.31. The van der Waals surface area contributed by atoms with Crippen molar-refractivity contribution in [2.45, 2.75) is 13.3 Å². The van der Waals surface area contributed by atoms with Crippen LogP contribution in [0.1, 0.15) is 21.6 Å². The molecule has 0 saturated heterocycles. The molecule has 6 nitrogen and oxygen atoms in total. The van der Waals surface area contributed by atoms with Gasteiger partial charge in [0.1, 0.15) is 0 Å². The first kappa shape index (κ1) is 15.5. The van der Waals surface area contributed by atoms with Crippen LogP contribution in [-0.2, 0) is 6.42 Å². The molecule has 0 unspecified atom stereocenters. The van der Waals surface area contributed by atoms with Gasteiger partial charge in [-0.3, -0.25) is 9.78 Å². The van der Waals surface area contributed by atoms with Gasteiger partial charge in [0, 0.05) is 36.1 Å². The van der Waals surface area contributed by atoms with Crippen LogP contribution in [0.15, 0.2) is 42.6 Å². The summed E-state index contributed by atoms with van der Waals surface area (Å²) in [5.74, 6) is -0.517. The Kier molecular flexibility index (Phi) is 5.08. The molecule has 2 rings (SSSR count). The maximum Gasteiger partial charge on any atom is 0.319 e. The molecule has 1 aromatic carbocycles. The Labute approximate surface area is 128 Å². The molecule has 1 aromatic heterocycles. The summed E-state index contributed by atoms with van der Waals surface area (Å²) in [6, 6.07) is 10.3. The molecule has 0 aliphatic carbocycles. The Morgan fingerprint density at radius 2 is 2.05 bits per heavy atom. The number of carbonyl (C=O) groups excluding carboxylic acids is 2. The van der Waals surface area contributed by atoms with Crippen molar-refractivity contribution in [1.29, 1.82) is 0 Å². The predicted octanol–water partition coefficient (Wildman–Crippen LogP) is 1.85. The summed E-state index contributed by atoms with van der Waals surface area (Å²) in [7, 11) is 0. The summed E-state index contributed by atoms with van der Waals surface area (Å²) >= 11 is 0. The summed E-state index contributed by atoms with van der Waals surface area (Å²) in [4.78, 5) is 27.3. The fraction of sp³-hybridized carbons (Fsp3) is 0.188. The van der Waals surface area contributed by atoms with Crippen LogP contribution in [0.3, 0.4) is 0 Å². The molecule has 0 aliphatic heterocycles. The van der Waals surface area contributed by atoms with Gasteiger partial charge in [-0.2, -0.15) is 0 Å². The van der Waals surface area contributed by atoms with Gasteiger partial charge >= 0.3 is 6.03 Å². The zero-order valence-electron chi connectivity index (χ0n) is 12.3. The summed E-state index contributed by atoms with van der Waals surface area (Å²) in [5, 5.41) is 5.41. The zero-order valence-corrected chi connectivity index (χ0v) is 12.3. The molecule has 0 spiro atoms. The van der Waals surface area contributed by atoms with Crippen molar-refractivity contribution < 1.29 is 9.59 Å². The van der Waals surface area contributed by atoms with Crippen LogP contribution in [-0.4, -0.2) is 23.5 Å². The van der Waals surface area contributed by atoms with Crippen molar-refractivity contribution >= 4 is 17.6 Å². The molecule has 0 fully saturated rings. The first-order valence-electron chi connectivity index (χ1n) is 6.91. The Hall–Kier alpha value is -2.89. The maximum absolute atomic E-state index is 11.8. The highest BCUT2D eigenvalue weighted by Gasteiger charge is 2.08. The Bertz CT molecular complexity index is 671. The first-order valence-corrected chi connectivity index (χ1v) is 6.91. The topological polar surface area (TPSA) is 97.1 Å². The number of nitrogens with one attached hydrogen (secondary N) is 2. The highest BCUT2D eigenvalue weighted by Crippen LogP contribution is 2.14. The molecule has 22 heavy (non-hydrogen) atoms. The van der Waals surface area contributed by atoms with Crippen molar-refractivity contribution in [3.8, 4) is 0 Å². The minimum atomic E-state index is -0.517. The first-order chi connectivity index (χ1) is 10.6. The standard InChI is InChI=1S/C16H18N4O2/c1-11-5-6-13(10-14(11)15(17)21)20-16(22)19-9-7-12-4-2-3-8-18-12/h2-6,8,10H,7,9H2,1H3,(H2,17,21)(H2,19,20,22). The summed E-state index contributed by atoms with van der Waals surface area (Å²) in [5.41, 5.74) is 7.89. The highest BCUT2D eigenvalue weighted by molar-refractivity contribution is 5.97. The van der Waals surface area contributed by atoms with E-state index in [0.29, 0.717) is 24.2 Å². The number of benzene rings is 1. The molecule has 114 valence electrons. The molecular formula is C16H18N4O2. The third-order valence-corrected chi connectivity index (χ3v) is 3.15. The van der Waals surface area contributed by atoms with E-state index in [-0.39, 0.29) is 6.03 Å². The second-order valence-corrected chi connectivity index (χ2v) is 4.85. The zero-order chi connectivity index (χ0) is 15.9. The van der Waals surface area contributed by atoms with Gasteiger partial charge in [0.15, 0.2) is 0 Å². The van der Waals surface area contributed by atoms with Gasteiger partial charge in [-0.05, 0) is 36.8 Å². The van der Waals surface area contributed by atoms with Crippen molar-refractivity contribution in [3.05, 3.63) is 59.4 Å². The number of nitrogens with two attached hydrogens (primary N) is 1. The van der Waals surface area contributed by atoms with Gasteiger partial charge in [0.25, 0.3) is 0 Å². The number of hydrogen-bond acceptors (Lipinski definition) is 3. The summed E-state index contributed by atoms with van der Waals surface area (Å²) in [6.45, 7) is 2.26. The molecule has 6 heteroatoms. The number of anilines is 1. The number of carbonyl (C=O) groups is 2. The van der Waals surface area contributed by atoms with Crippen LogP contribution in [0.4, 0.5) is 10.5 Å². The van der Waals surface area contributed by atoms with Crippen LogP contribution in [0, 0.1) is 6.92 Å². The fourth-order valence-electron chi connectivity index (χ4n) is 1.99. The van der Waals surface area contributed by atoms with Crippen LogP contribution in [0.2, 0.25) is 0 Å². The molecule has 4 N–H and O–H groups in total. The normalized spacial score (nSPS) is 10.0. The second kappa shape index (κ2) is 7.21. The van der Waals surface area contributed by atoms with Crippen molar-refractivity contribution in [2.75, 3.05) is 11.9 Å².